The zero-order valence-corrected chi connectivity index (χ0v) is 32.5. The predicted octanol–water partition coefficient (Wildman–Crippen LogP) is 7.83. The number of aromatic hydroxyl groups is 2. The molecule has 11 heteroatoms. The Morgan fingerprint density at radius 2 is 1.04 bits per heavy atom. The Morgan fingerprint density at radius 3 is 1.46 bits per heavy atom. The molecule has 2 N–H and O–H groups in total. The maximum absolute atomic E-state index is 13.0. The quantitative estimate of drug-likeness (QED) is 0.110. The van der Waals surface area contributed by atoms with Crippen molar-refractivity contribution in [2.75, 3.05) is 0 Å². The number of fused-ring (bicyclic) bond motifs is 2. The van der Waals surface area contributed by atoms with Gasteiger partial charge in [0, 0.05) is 24.7 Å². The van der Waals surface area contributed by atoms with Crippen molar-refractivity contribution >= 4 is 46.1 Å². The molecule has 0 spiro atoms. The topological polar surface area (TPSA) is 153 Å². The smallest absolute Gasteiger partial charge is 0.494 e. The molecule has 6 aromatic rings. The Balaban J connectivity index is 0.000000198. The van der Waals surface area contributed by atoms with E-state index >= 15 is 0 Å². The molecule has 0 aliphatic carbocycles. The zero-order valence-electron chi connectivity index (χ0n) is 32.5. The molecule has 1 aliphatic heterocycles. The van der Waals surface area contributed by atoms with Crippen molar-refractivity contribution in [3.8, 4) is 11.5 Å². The standard InChI is InChI=1S/C25H27BO6.C20H18O4/c1-15(27)13-19(16-9-7-6-8-10-16)21-22(28)18-12-11-17(14-20(18)30-23(21)29)26-31-24(2,3)25(4,5)32-26;1-12-8-9-15-17(10-12)24-20(23)18(19(15)22)16(11-13(2)21)14-6-4-3-5-7-14/h6-12,14,19,28H,13H2,1-5H3;3-10,16,22H,11H2,1-2H3. The van der Waals surface area contributed by atoms with E-state index in [-0.39, 0.29) is 52.6 Å². The van der Waals surface area contributed by atoms with Gasteiger partial charge in [-0.05, 0) is 94.9 Å². The van der Waals surface area contributed by atoms with Crippen LogP contribution in [0.1, 0.15) is 94.0 Å². The first-order chi connectivity index (χ1) is 26.5. The predicted molar refractivity (Wildman–Crippen MR) is 216 cm³/mol. The zero-order chi connectivity index (χ0) is 40.5. The Hall–Kier alpha value is -5.78. The summed E-state index contributed by atoms with van der Waals surface area (Å²) < 4.78 is 23.2. The van der Waals surface area contributed by atoms with Gasteiger partial charge >= 0.3 is 18.4 Å². The van der Waals surface area contributed by atoms with Crippen LogP contribution < -0.4 is 16.7 Å². The van der Waals surface area contributed by atoms with Gasteiger partial charge in [-0.1, -0.05) is 72.8 Å². The number of carbonyl (C=O) groups is 2. The Morgan fingerprint density at radius 1 is 0.625 bits per heavy atom. The highest BCUT2D eigenvalue weighted by atomic mass is 16.7. The average Bonchev–Trinajstić information content (AvgIpc) is 3.36. The van der Waals surface area contributed by atoms with Crippen LogP contribution in [0.15, 0.2) is 115 Å². The summed E-state index contributed by atoms with van der Waals surface area (Å²) in [5.41, 5.74) is 1.68. The molecule has 1 fully saturated rings. The lowest BCUT2D eigenvalue weighted by molar-refractivity contribution is -0.118. The lowest BCUT2D eigenvalue weighted by Gasteiger charge is -2.32. The first-order valence-corrected chi connectivity index (χ1v) is 18.5. The van der Waals surface area contributed by atoms with E-state index in [0.29, 0.717) is 21.8 Å². The molecule has 1 saturated heterocycles. The summed E-state index contributed by atoms with van der Waals surface area (Å²) in [5.74, 6) is -1.58. The van der Waals surface area contributed by atoms with Crippen molar-refractivity contribution in [1.29, 1.82) is 0 Å². The summed E-state index contributed by atoms with van der Waals surface area (Å²) in [6.07, 6.45) is 0.208. The van der Waals surface area contributed by atoms with Gasteiger partial charge < -0.3 is 28.4 Å². The number of rotatable bonds is 9. The van der Waals surface area contributed by atoms with Crippen LogP contribution in [0.4, 0.5) is 0 Å². The van der Waals surface area contributed by atoms with Crippen molar-refractivity contribution in [3.05, 3.63) is 146 Å². The van der Waals surface area contributed by atoms with Gasteiger partial charge in [-0.2, -0.15) is 0 Å². The van der Waals surface area contributed by atoms with E-state index < -0.39 is 41.4 Å². The molecule has 0 radical (unpaired) electrons. The monoisotopic (exact) mass is 756 g/mol. The van der Waals surface area contributed by atoms with Gasteiger partial charge in [0.25, 0.3) is 0 Å². The third-order valence-corrected chi connectivity index (χ3v) is 10.6. The summed E-state index contributed by atoms with van der Waals surface area (Å²) in [6, 6.07) is 28.8. The van der Waals surface area contributed by atoms with E-state index in [1.807, 2.05) is 101 Å². The minimum Gasteiger partial charge on any atom is -0.507 e. The van der Waals surface area contributed by atoms with E-state index in [9.17, 15) is 29.4 Å². The number of ketones is 2. The first kappa shape index (κ1) is 39.9. The van der Waals surface area contributed by atoms with Gasteiger partial charge in [-0.3, -0.25) is 9.59 Å². The number of Topliss-reactive ketones (excluding diaryl/α,β-unsaturated/α-hetero) is 2. The van der Waals surface area contributed by atoms with Crippen LogP contribution in [-0.2, 0) is 18.9 Å². The Labute approximate surface area is 324 Å². The molecule has 3 heterocycles. The molecule has 7 rings (SSSR count). The van der Waals surface area contributed by atoms with E-state index in [2.05, 4.69) is 0 Å². The van der Waals surface area contributed by atoms with E-state index in [1.54, 1.807) is 30.3 Å². The molecule has 2 atom stereocenters. The minimum absolute atomic E-state index is 0.0633. The van der Waals surface area contributed by atoms with Crippen LogP contribution in [0.3, 0.4) is 0 Å². The van der Waals surface area contributed by atoms with Crippen molar-refractivity contribution in [2.24, 2.45) is 0 Å². The Bertz CT molecular complexity index is 2520. The van der Waals surface area contributed by atoms with Crippen LogP contribution >= 0.6 is 0 Å². The van der Waals surface area contributed by atoms with Gasteiger partial charge in [0.2, 0.25) is 0 Å². The summed E-state index contributed by atoms with van der Waals surface area (Å²) in [7, 11) is -0.619. The molecule has 0 bridgehead atoms. The molecular weight excluding hydrogens is 711 g/mol. The van der Waals surface area contributed by atoms with Crippen molar-refractivity contribution in [3.63, 3.8) is 0 Å². The molecule has 1 aliphatic rings. The first-order valence-electron chi connectivity index (χ1n) is 18.5. The summed E-state index contributed by atoms with van der Waals surface area (Å²) >= 11 is 0. The number of aryl methyl sites for hydroxylation is 1. The molecular formula is C45H45BO10. The summed E-state index contributed by atoms with van der Waals surface area (Å²) in [5, 5.41) is 22.6. The maximum Gasteiger partial charge on any atom is 0.494 e. The van der Waals surface area contributed by atoms with Crippen molar-refractivity contribution in [1.82, 2.24) is 0 Å². The molecule has 0 amide bonds. The third kappa shape index (κ3) is 8.10. The van der Waals surface area contributed by atoms with Crippen LogP contribution in [-0.4, -0.2) is 40.1 Å². The van der Waals surface area contributed by atoms with Gasteiger partial charge in [0.15, 0.2) is 0 Å². The van der Waals surface area contributed by atoms with Crippen LogP contribution in [0, 0.1) is 6.92 Å². The second-order valence-electron chi connectivity index (χ2n) is 15.4. The highest BCUT2D eigenvalue weighted by molar-refractivity contribution is 6.62. The second kappa shape index (κ2) is 15.8. The molecule has 56 heavy (non-hydrogen) atoms. The molecule has 0 saturated carbocycles. The van der Waals surface area contributed by atoms with Crippen molar-refractivity contribution < 1.29 is 37.9 Å². The lowest BCUT2D eigenvalue weighted by atomic mass is 9.78. The van der Waals surface area contributed by atoms with Gasteiger partial charge in [0.05, 0.1) is 33.1 Å². The van der Waals surface area contributed by atoms with Crippen LogP contribution in [0.5, 0.6) is 11.5 Å². The SMILES string of the molecule is CC(=O)CC(c1ccccc1)c1c(O)c2ccc(B3OC(C)(C)C(C)(C)O3)cc2oc1=O.CC(=O)CC(c1ccccc1)c1c(O)c2ccc(C)cc2oc1=O. The highest BCUT2D eigenvalue weighted by Crippen LogP contribution is 2.39. The molecule has 4 aromatic carbocycles. The summed E-state index contributed by atoms with van der Waals surface area (Å²) in [6.45, 7) is 12.7. The number of hydrogen-bond donors (Lipinski definition) is 2. The fourth-order valence-electron chi connectivity index (χ4n) is 6.98. The fourth-order valence-corrected chi connectivity index (χ4v) is 6.98. The highest BCUT2D eigenvalue weighted by Gasteiger charge is 2.51. The van der Waals surface area contributed by atoms with Gasteiger partial charge in [-0.25, -0.2) is 9.59 Å². The van der Waals surface area contributed by atoms with E-state index in [4.69, 9.17) is 18.1 Å². The average molecular weight is 757 g/mol. The van der Waals surface area contributed by atoms with E-state index in [0.717, 1.165) is 16.7 Å². The normalized spacial score (nSPS) is 15.6. The second-order valence-corrected chi connectivity index (χ2v) is 15.4. The molecule has 288 valence electrons. The fraction of sp³-hybridized carbons (Fsp3) is 0.289. The molecule has 10 nitrogen and oxygen atoms in total. The largest absolute Gasteiger partial charge is 0.507 e. The number of carbonyl (C=O) groups excluding carboxylic acids is 2. The maximum atomic E-state index is 13.0. The lowest BCUT2D eigenvalue weighted by Crippen LogP contribution is -2.41. The van der Waals surface area contributed by atoms with Crippen LogP contribution in [0.2, 0.25) is 0 Å². The van der Waals surface area contributed by atoms with Crippen molar-refractivity contribution in [2.45, 2.75) is 84.3 Å². The molecule has 2 unspecified atom stereocenters. The number of hydrogen-bond acceptors (Lipinski definition) is 10. The molecule has 2 aromatic heterocycles. The van der Waals surface area contributed by atoms with Crippen LogP contribution in [0.25, 0.3) is 21.9 Å². The van der Waals surface area contributed by atoms with Gasteiger partial charge in [-0.15, -0.1) is 0 Å². The number of benzene rings is 4. The van der Waals surface area contributed by atoms with E-state index in [1.165, 1.54) is 13.8 Å². The van der Waals surface area contributed by atoms with Gasteiger partial charge in [0.1, 0.15) is 34.2 Å². The minimum atomic E-state index is -0.670. The third-order valence-electron chi connectivity index (χ3n) is 10.6. The summed E-state index contributed by atoms with van der Waals surface area (Å²) in [4.78, 5) is 49.2. The Kier molecular flexibility index (Phi) is 11.2.